The van der Waals surface area contributed by atoms with Crippen molar-refractivity contribution in [3.63, 3.8) is 0 Å². The number of esters is 1. The molecule has 0 unspecified atom stereocenters. The average molecular weight is 198 g/mol. The molecule has 0 aromatic rings. The first-order valence-corrected chi connectivity index (χ1v) is 5.37. The quantitative estimate of drug-likeness (QED) is 0.497. The van der Waals surface area contributed by atoms with Gasteiger partial charge in [0, 0.05) is 12.3 Å². The Labute approximate surface area is 87.3 Å². The molecule has 0 bridgehead atoms. The van der Waals surface area contributed by atoms with E-state index in [0.717, 1.165) is 24.2 Å². The van der Waals surface area contributed by atoms with E-state index in [9.17, 15) is 4.79 Å². The van der Waals surface area contributed by atoms with Gasteiger partial charge in [-0.1, -0.05) is 27.2 Å². The Morgan fingerprint density at radius 3 is 2.21 bits per heavy atom. The summed E-state index contributed by atoms with van der Waals surface area (Å²) in [4.78, 5) is 11.4. The molecule has 0 spiro atoms. The minimum Gasteiger partial charge on any atom is -0.431 e. The molecule has 0 atom stereocenters. The lowest BCUT2D eigenvalue weighted by atomic mass is 10.1. The minimum absolute atomic E-state index is 0.100. The van der Waals surface area contributed by atoms with Crippen LogP contribution < -0.4 is 0 Å². The summed E-state index contributed by atoms with van der Waals surface area (Å²) in [5, 5.41) is 0. The molecule has 0 N–H and O–H groups in total. The highest BCUT2D eigenvalue weighted by Gasteiger charge is 2.11. The van der Waals surface area contributed by atoms with Crippen LogP contribution in [0.15, 0.2) is 11.3 Å². The number of ether oxygens (including phenoxy) is 1. The van der Waals surface area contributed by atoms with E-state index in [1.165, 1.54) is 0 Å². The Morgan fingerprint density at radius 1 is 1.29 bits per heavy atom. The normalized spacial score (nSPS) is 10.1. The van der Waals surface area contributed by atoms with Gasteiger partial charge in [-0.3, -0.25) is 4.79 Å². The summed E-state index contributed by atoms with van der Waals surface area (Å²) in [6.45, 7) is 10.1. The zero-order chi connectivity index (χ0) is 11.1. The van der Waals surface area contributed by atoms with Crippen LogP contribution in [0.25, 0.3) is 0 Å². The van der Waals surface area contributed by atoms with Crippen LogP contribution >= 0.6 is 0 Å². The van der Waals surface area contributed by atoms with Gasteiger partial charge in [-0.05, 0) is 25.8 Å². The highest BCUT2D eigenvalue weighted by molar-refractivity contribution is 5.70. The van der Waals surface area contributed by atoms with Crippen LogP contribution in [-0.2, 0) is 9.53 Å². The molecule has 0 radical (unpaired) electrons. The largest absolute Gasteiger partial charge is 0.431 e. The average Bonchev–Trinajstić information content (AvgIpc) is 2.09. The van der Waals surface area contributed by atoms with Gasteiger partial charge in [0.25, 0.3) is 0 Å². The number of carbonyl (C=O) groups is 1. The van der Waals surface area contributed by atoms with E-state index in [2.05, 4.69) is 6.92 Å². The highest BCUT2D eigenvalue weighted by Crippen LogP contribution is 2.17. The standard InChI is InChI=1S/C12H22O2/c1-6-7-8-11(13)14-12(9(2)3)10(4)5/h9H,6-8H2,1-5H3. The fraction of sp³-hybridized carbons (Fsp3) is 0.750. The Morgan fingerprint density at radius 2 is 1.86 bits per heavy atom. The van der Waals surface area contributed by atoms with Crippen molar-refractivity contribution < 1.29 is 9.53 Å². The van der Waals surface area contributed by atoms with Crippen LogP contribution in [0, 0.1) is 5.92 Å². The van der Waals surface area contributed by atoms with E-state index < -0.39 is 0 Å². The van der Waals surface area contributed by atoms with Crippen LogP contribution in [-0.4, -0.2) is 5.97 Å². The van der Waals surface area contributed by atoms with Crippen molar-refractivity contribution in [1.29, 1.82) is 0 Å². The smallest absolute Gasteiger partial charge is 0.310 e. The number of hydrogen-bond acceptors (Lipinski definition) is 2. The summed E-state index contributed by atoms with van der Waals surface area (Å²) < 4.78 is 5.32. The lowest BCUT2D eigenvalue weighted by molar-refractivity contribution is -0.140. The van der Waals surface area contributed by atoms with Gasteiger partial charge in [0.2, 0.25) is 0 Å². The van der Waals surface area contributed by atoms with Crippen molar-refractivity contribution in [3.8, 4) is 0 Å². The summed E-state index contributed by atoms with van der Waals surface area (Å²) >= 11 is 0. The summed E-state index contributed by atoms with van der Waals surface area (Å²) in [5.41, 5.74) is 1.09. The number of allylic oxidation sites excluding steroid dienone is 2. The van der Waals surface area contributed by atoms with Gasteiger partial charge in [0.1, 0.15) is 5.76 Å². The van der Waals surface area contributed by atoms with Gasteiger partial charge in [0.15, 0.2) is 0 Å². The van der Waals surface area contributed by atoms with Crippen LogP contribution in [0.4, 0.5) is 0 Å². The first-order chi connectivity index (χ1) is 6.49. The molecule has 0 aliphatic carbocycles. The Hall–Kier alpha value is -0.790. The molecule has 0 aliphatic heterocycles. The third-order valence-corrected chi connectivity index (χ3v) is 1.98. The molecule has 0 heterocycles. The van der Waals surface area contributed by atoms with Gasteiger partial charge in [-0.15, -0.1) is 0 Å². The van der Waals surface area contributed by atoms with Crippen LogP contribution in [0.1, 0.15) is 53.9 Å². The van der Waals surface area contributed by atoms with Crippen molar-refractivity contribution >= 4 is 5.97 Å². The molecule has 0 fully saturated rings. The molecule has 0 saturated carbocycles. The third kappa shape index (κ3) is 5.05. The zero-order valence-corrected chi connectivity index (χ0v) is 10.0. The van der Waals surface area contributed by atoms with E-state index in [-0.39, 0.29) is 11.9 Å². The maximum Gasteiger partial charge on any atom is 0.310 e. The van der Waals surface area contributed by atoms with E-state index >= 15 is 0 Å². The number of unbranched alkanes of at least 4 members (excludes halogenated alkanes) is 1. The van der Waals surface area contributed by atoms with Crippen LogP contribution in [0.5, 0.6) is 0 Å². The minimum atomic E-state index is -0.100. The molecule has 0 saturated heterocycles. The maximum atomic E-state index is 11.4. The van der Waals surface area contributed by atoms with Crippen LogP contribution in [0.2, 0.25) is 0 Å². The molecule has 2 nitrogen and oxygen atoms in total. The highest BCUT2D eigenvalue weighted by atomic mass is 16.5. The lowest BCUT2D eigenvalue weighted by Gasteiger charge is -2.13. The molecule has 14 heavy (non-hydrogen) atoms. The van der Waals surface area contributed by atoms with Crippen molar-refractivity contribution in [2.45, 2.75) is 53.9 Å². The number of rotatable bonds is 5. The Bertz CT molecular complexity index is 210. The second-order valence-electron chi connectivity index (χ2n) is 4.10. The summed E-state index contributed by atoms with van der Waals surface area (Å²) in [7, 11) is 0. The molecule has 2 heteroatoms. The SMILES string of the molecule is CCCCC(=O)OC(=C(C)C)C(C)C. The van der Waals surface area contributed by atoms with Gasteiger partial charge in [-0.25, -0.2) is 0 Å². The van der Waals surface area contributed by atoms with Gasteiger partial charge in [-0.2, -0.15) is 0 Å². The van der Waals surface area contributed by atoms with Crippen molar-refractivity contribution in [1.82, 2.24) is 0 Å². The molecule has 0 rings (SSSR count). The zero-order valence-electron chi connectivity index (χ0n) is 10.0. The molecule has 82 valence electrons. The summed E-state index contributed by atoms with van der Waals surface area (Å²) in [6.07, 6.45) is 2.47. The molecular weight excluding hydrogens is 176 g/mol. The Kier molecular flexibility index (Phi) is 6.26. The molecular formula is C12H22O2. The summed E-state index contributed by atoms with van der Waals surface area (Å²) in [5.74, 6) is 1.01. The van der Waals surface area contributed by atoms with Gasteiger partial charge < -0.3 is 4.74 Å². The van der Waals surface area contributed by atoms with Crippen molar-refractivity contribution in [2.75, 3.05) is 0 Å². The number of hydrogen-bond donors (Lipinski definition) is 0. The molecule has 0 aromatic heterocycles. The van der Waals surface area contributed by atoms with E-state index in [4.69, 9.17) is 4.74 Å². The number of carbonyl (C=O) groups excluding carboxylic acids is 1. The third-order valence-electron chi connectivity index (χ3n) is 1.98. The maximum absolute atomic E-state index is 11.4. The van der Waals surface area contributed by atoms with Gasteiger partial charge in [0.05, 0.1) is 0 Å². The topological polar surface area (TPSA) is 26.3 Å². The summed E-state index contributed by atoms with van der Waals surface area (Å²) in [6, 6.07) is 0. The fourth-order valence-electron chi connectivity index (χ4n) is 1.29. The predicted molar refractivity (Wildman–Crippen MR) is 58.8 cm³/mol. The van der Waals surface area contributed by atoms with Crippen LogP contribution in [0.3, 0.4) is 0 Å². The first kappa shape index (κ1) is 13.2. The second kappa shape index (κ2) is 6.63. The Balaban J connectivity index is 4.19. The predicted octanol–water partition coefficient (Wildman–Crippen LogP) is 3.67. The molecule has 0 aliphatic rings. The molecule has 0 aromatic carbocycles. The second-order valence-corrected chi connectivity index (χ2v) is 4.10. The molecule has 0 amide bonds. The monoisotopic (exact) mass is 198 g/mol. The first-order valence-electron chi connectivity index (χ1n) is 5.37. The van der Waals surface area contributed by atoms with Crippen molar-refractivity contribution in [2.24, 2.45) is 5.92 Å². The van der Waals surface area contributed by atoms with E-state index in [1.807, 2.05) is 27.7 Å². The van der Waals surface area contributed by atoms with E-state index in [1.54, 1.807) is 0 Å². The van der Waals surface area contributed by atoms with Crippen molar-refractivity contribution in [3.05, 3.63) is 11.3 Å². The van der Waals surface area contributed by atoms with E-state index in [0.29, 0.717) is 6.42 Å². The fourth-order valence-corrected chi connectivity index (χ4v) is 1.29. The lowest BCUT2D eigenvalue weighted by Crippen LogP contribution is -2.09. The van der Waals surface area contributed by atoms with Gasteiger partial charge >= 0.3 is 5.97 Å².